The normalized spacial score (nSPS) is 25.1. The van der Waals surface area contributed by atoms with Crippen molar-refractivity contribution in [3.8, 4) is 0 Å². The quantitative estimate of drug-likeness (QED) is 0.467. The second-order valence-electron chi connectivity index (χ2n) is 6.07. The van der Waals surface area contributed by atoms with E-state index in [4.69, 9.17) is 4.74 Å². The zero-order valence-corrected chi connectivity index (χ0v) is 12.5. The molecule has 0 bridgehead atoms. The van der Waals surface area contributed by atoms with E-state index in [2.05, 4.69) is 27.4 Å². The van der Waals surface area contributed by atoms with Crippen molar-refractivity contribution in [2.45, 2.75) is 70.8 Å². The third-order valence-corrected chi connectivity index (χ3v) is 4.83. The summed E-state index contributed by atoms with van der Waals surface area (Å²) in [5.74, 6) is 1.19. The number of unbranched alkanes of at least 4 members (excludes halogenated alkanes) is 4. The lowest BCUT2D eigenvalue weighted by atomic mass is 9.98. The van der Waals surface area contributed by atoms with Gasteiger partial charge in [0.05, 0.1) is 6.10 Å². The summed E-state index contributed by atoms with van der Waals surface area (Å²) in [6.07, 6.45) is 10.2. The monoisotopic (exact) mass is 256 g/mol. The van der Waals surface area contributed by atoms with Crippen molar-refractivity contribution in [3.63, 3.8) is 0 Å². The number of ether oxygens (including phenoxy) is 1. The molecule has 1 aliphatic rings. The average Bonchev–Trinajstić information content (AvgIpc) is 2.71. The summed E-state index contributed by atoms with van der Waals surface area (Å²) >= 11 is 1.99. The summed E-state index contributed by atoms with van der Waals surface area (Å²) in [6, 6.07) is 0. The van der Waals surface area contributed by atoms with Crippen LogP contribution in [0, 0.1) is 5.41 Å². The van der Waals surface area contributed by atoms with Gasteiger partial charge >= 0.3 is 0 Å². The largest absolute Gasteiger partial charge is 0.363 e. The Morgan fingerprint density at radius 2 is 1.94 bits per heavy atom. The molecule has 0 N–H and O–H groups in total. The third kappa shape index (κ3) is 5.96. The maximum atomic E-state index is 6.10. The van der Waals surface area contributed by atoms with E-state index in [-0.39, 0.29) is 5.41 Å². The number of rotatable bonds is 7. The molecule has 17 heavy (non-hydrogen) atoms. The number of hydrogen-bond acceptors (Lipinski definition) is 2. The van der Waals surface area contributed by atoms with Crippen LogP contribution in [0.2, 0.25) is 0 Å². The molecule has 0 aliphatic carbocycles. The van der Waals surface area contributed by atoms with Crippen molar-refractivity contribution in [1.82, 2.24) is 0 Å². The summed E-state index contributed by atoms with van der Waals surface area (Å²) in [4.78, 5) is 0. The molecule has 0 aromatic rings. The van der Waals surface area contributed by atoms with E-state index in [1.54, 1.807) is 0 Å². The Balaban J connectivity index is 2.04. The van der Waals surface area contributed by atoms with E-state index in [0.29, 0.717) is 11.5 Å². The highest BCUT2D eigenvalue weighted by atomic mass is 32.2. The summed E-state index contributed by atoms with van der Waals surface area (Å²) in [5, 5.41) is 0. The van der Waals surface area contributed by atoms with Crippen molar-refractivity contribution < 1.29 is 4.74 Å². The first-order valence-corrected chi connectivity index (χ1v) is 7.97. The van der Waals surface area contributed by atoms with Gasteiger partial charge in [-0.25, -0.2) is 0 Å². The molecule has 0 spiro atoms. The molecule has 1 nitrogen and oxygen atoms in total. The van der Waals surface area contributed by atoms with E-state index in [0.717, 1.165) is 0 Å². The fraction of sp³-hybridized carbons (Fsp3) is 0.867. The van der Waals surface area contributed by atoms with E-state index in [1.165, 1.54) is 44.3 Å². The van der Waals surface area contributed by atoms with Crippen molar-refractivity contribution in [3.05, 3.63) is 12.7 Å². The van der Waals surface area contributed by atoms with Gasteiger partial charge in [-0.15, -0.1) is 18.3 Å². The molecular formula is C15H28OS. The van der Waals surface area contributed by atoms with Crippen molar-refractivity contribution >= 4 is 11.8 Å². The molecule has 2 atom stereocenters. The highest BCUT2D eigenvalue weighted by Crippen LogP contribution is 2.38. The first-order valence-electron chi connectivity index (χ1n) is 6.92. The standard InChI is InChI=1S/C15H28OS/c1-5-6-7-8-9-10-11-13-12-17-14(16-13)15(2,3)4/h5,13-14H,1,6-12H2,2-4H3. The molecule has 0 aromatic carbocycles. The maximum absolute atomic E-state index is 6.10. The molecule has 0 radical (unpaired) electrons. The van der Waals surface area contributed by atoms with E-state index < -0.39 is 0 Å². The molecule has 1 fully saturated rings. The Hall–Kier alpha value is 0.0500. The minimum Gasteiger partial charge on any atom is -0.363 e. The molecule has 0 saturated carbocycles. The van der Waals surface area contributed by atoms with Gasteiger partial charge in [-0.2, -0.15) is 0 Å². The molecule has 2 unspecified atom stereocenters. The Labute approximate surface area is 111 Å². The molecule has 1 heterocycles. The van der Waals surface area contributed by atoms with E-state index in [1.807, 2.05) is 17.8 Å². The zero-order valence-electron chi connectivity index (χ0n) is 11.7. The lowest BCUT2D eigenvalue weighted by molar-refractivity contribution is 0.00753. The fourth-order valence-electron chi connectivity index (χ4n) is 2.07. The second kappa shape index (κ2) is 7.48. The minimum atomic E-state index is 0.281. The topological polar surface area (TPSA) is 9.23 Å². The molecule has 1 saturated heterocycles. The molecular weight excluding hydrogens is 228 g/mol. The van der Waals surface area contributed by atoms with Crippen molar-refractivity contribution in [2.24, 2.45) is 5.41 Å². The highest BCUT2D eigenvalue weighted by Gasteiger charge is 2.34. The van der Waals surface area contributed by atoms with Gasteiger partial charge in [-0.05, 0) is 24.7 Å². The summed E-state index contributed by atoms with van der Waals surface area (Å²) in [5.41, 5.74) is 0.678. The fourth-order valence-corrected chi connectivity index (χ4v) is 3.44. The van der Waals surface area contributed by atoms with Gasteiger partial charge in [0, 0.05) is 5.75 Å². The van der Waals surface area contributed by atoms with Crippen LogP contribution in [0.25, 0.3) is 0 Å². The lowest BCUT2D eigenvalue weighted by Crippen LogP contribution is -2.24. The number of thioether (sulfide) groups is 1. The second-order valence-corrected chi connectivity index (χ2v) is 7.16. The minimum absolute atomic E-state index is 0.281. The van der Waals surface area contributed by atoms with Crippen molar-refractivity contribution in [2.75, 3.05) is 5.75 Å². The van der Waals surface area contributed by atoms with E-state index in [9.17, 15) is 0 Å². The maximum Gasteiger partial charge on any atom is 0.108 e. The molecule has 0 aromatic heterocycles. The lowest BCUT2D eigenvalue weighted by Gasteiger charge is -2.25. The van der Waals surface area contributed by atoms with Crippen LogP contribution < -0.4 is 0 Å². The molecule has 1 rings (SSSR count). The van der Waals surface area contributed by atoms with Gasteiger partial charge in [-0.3, -0.25) is 0 Å². The Kier molecular flexibility index (Phi) is 6.65. The Morgan fingerprint density at radius 1 is 1.24 bits per heavy atom. The predicted molar refractivity (Wildman–Crippen MR) is 78.5 cm³/mol. The molecule has 2 heteroatoms. The Bertz CT molecular complexity index is 219. The van der Waals surface area contributed by atoms with Crippen LogP contribution in [-0.2, 0) is 4.74 Å². The Morgan fingerprint density at radius 3 is 2.53 bits per heavy atom. The van der Waals surface area contributed by atoms with Crippen LogP contribution >= 0.6 is 11.8 Å². The smallest absolute Gasteiger partial charge is 0.108 e. The highest BCUT2D eigenvalue weighted by molar-refractivity contribution is 8.00. The van der Waals surface area contributed by atoms with Gasteiger partial charge in [0.25, 0.3) is 0 Å². The summed E-state index contributed by atoms with van der Waals surface area (Å²) < 4.78 is 6.10. The number of allylic oxidation sites excluding steroid dienone is 1. The van der Waals surface area contributed by atoms with E-state index >= 15 is 0 Å². The van der Waals surface area contributed by atoms with Gasteiger partial charge < -0.3 is 4.74 Å². The third-order valence-electron chi connectivity index (χ3n) is 3.14. The van der Waals surface area contributed by atoms with Crippen LogP contribution in [0.1, 0.15) is 59.3 Å². The number of hydrogen-bond donors (Lipinski definition) is 0. The van der Waals surface area contributed by atoms with Crippen LogP contribution in [0.5, 0.6) is 0 Å². The van der Waals surface area contributed by atoms with Gasteiger partial charge in [0.15, 0.2) is 0 Å². The van der Waals surface area contributed by atoms with Gasteiger partial charge in [-0.1, -0.05) is 46.1 Å². The summed E-state index contributed by atoms with van der Waals surface area (Å²) in [6.45, 7) is 10.5. The van der Waals surface area contributed by atoms with Crippen LogP contribution in [-0.4, -0.2) is 17.3 Å². The average molecular weight is 256 g/mol. The first-order chi connectivity index (χ1) is 8.04. The SMILES string of the molecule is C=CCCCCCCC1CSC(C(C)(C)C)O1. The first kappa shape index (κ1) is 15.1. The van der Waals surface area contributed by atoms with Crippen LogP contribution in [0.3, 0.4) is 0 Å². The summed E-state index contributed by atoms with van der Waals surface area (Å²) in [7, 11) is 0. The van der Waals surface area contributed by atoms with Crippen LogP contribution in [0.15, 0.2) is 12.7 Å². The zero-order chi connectivity index (χ0) is 12.7. The molecule has 100 valence electrons. The van der Waals surface area contributed by atoms with Crippen LogP contribution in [0.4, 0.5) is 0 Å². The van der Waals surface area contributed by atoms with Gasteiger partial charge in [0.2, 0.25) is 0 Å². The van der Waals surface area contributed by atoms with Gasteiger partial charge in [0.1, 0.15) is 5.44 Å². The van der Waals surface area contributed by atoms with Crippen molar-refractivity contribution in [1.29, 1.82) is 0 Å². The predicted octanol–water partition coefficient (Wildman–Crippen LogP) is 5.02. The molecule has 1 aliphatic heterocycles. The molecule has 0 amide bonds.